The van der Waals surface area contributed by atoms with Crippen molar-refractivity contribution in [3.8, 4) is 17.1 Å². The third kappa shape index (κ3) is 5.41. The second-order valence-corrected chi connectivity index (χ2v) is 7.54. The Morgan fingerprint density at radius 3 is 2.62 bits per heavy atom. The van der Waals surface area contributed by atoms with Crippen LogP contribution in [-0.2, 0) is 6.61 Å². The summed E-state index contributed by atoms with van der Waals surface area (Å²) in [7, 11) is 0. The van der Waals surface area contributed by atoms with E-state index in [1.165, 1.54) is 18.5 Å². The van der Waals surface area contributed by atoms with Gasteiger partial charge >= 0.3 is 12.0 Å². The molecule has 0 radical (unpaired) electrons. The standard InChI is InChI=1S/C21H27FN4O3/c1-14(2)25-21(28)26-8-6-15(7-9-26)13-29-20-23-10-17(11-24-20)18-5-3-4-16(12-27)19(18)22/h3-5,10-11,14-15,27H,6-9,12-13H2,1-2H3,(H,25,28). The maximum absolute atomic E-state index is 14.3. The van der Waals surface area contributed by atoms with Crippen molar-refractivity contribution in [3.63, 3.8) is 0 Å². The van der Waals surface area contributed by atoms with Gasteiger partial charge in [-0.15, -0.1) is 0 Å². The second kappa shape index (κ2) is 9.65. The van der Waals surface area contributed by atoms with Crippen LogP contribution in [0.15, 0.2) is 30.6 Å². The van der Waals surface area contributed by atoms with Gasteiger partial charge in [0.25, 0.3) is 0 Å². The molecule has 0 saturated carbocycles. The van der Waals surface area contributed by atoms with Gasteiger partial charge in [-0.2, -0.15) is 0 Å². The normalized spacial score (nSPS) is 14.9. The average molecular weight is 402 g/mol. The smallest absolute Gasteiger partial charge is 0.317 e. The number of benzene rings is 1. The fourth-order valence-electron chi connectivity index (χ4n) is 3.29. The van der Waals surface area contributed by atoms with Gasteiger partial charge < -0.3 is 20.1 Å². The number of aromatic nitrogens is 2. The summed E-state index contributed by atoms with van der Waals surface area (Å²) in [5, 5.41) is 12.1. The van der Waals surface area contributed by atoms with Gasteiger partial charge in [-0.3, -0.25) is 0 Å². The third-order valence-electron chi connectivity index (χ3n) is 4.95. The average Bonchev–Trinajstić information content (AvgIpc) is 2.73. The van der Waals surface area contributed by atoms with Crippen LogP contribution in [0.4, 0.5) is 9.18 Å². The number of halogens is 1. The predicted octanol–water partition coefficient (Wildman–Crippen LogP) is 2.98. The summed E-state index contributed by atoms with van der Waals surface area (Å²) in [5.41, 5.74) is 1.10. The van der Waals surface area contributed by atoms with Crippen molar-refractivity contribution in [1.29, 1.82) is 0 Å². The van der Waals surface area contributed by atoms with Crippen LogP contribution in [0.5, 0.6) is 6.01 Å². The van der Waals surface area contributed by atoms with Gasteiger partial charge in [-0.25, -0.2) is 19.2 Å². The van der Waals surface area contributed by atoms with E-state index in [1.54, 1.807) is 12.1 Å². The number of carbonyl (C=O) groups is 1. The fourth-order valence-corrected chi connectivity index (χ4v) is 3.29. The Morgan fingerprint density at radius 1 is 1.31 bits per heavy atom. The first-order valence-corrected chi connectivity index (χ1v) is 9.86. The Bertz CT molecular complexity index is 821. The maximum Gasteiger partial charge on any atom is 0.317 e. The summed E-state index contributed by atoms with van der Waals surface area (Å²) in [6, 6.07) is 5.19. The molecule has 2 heterocycles. The number of hydrogen-bond donors (Lipinski definition) is 2. The molecule has 1 aromatic heterocycles. The molecule has 0 aliphatic carbocycles. The molecular formula is C21H27FN4O3. The summed E-state index contributed by atoms with van der Waals surface area (Å²) >= 11 is 0. The number of amides is 2. The zero-order valence-corrected chi connectivity index (χ0v) is 16.8. The minimum Gasteiger partial charge on any atom is -0.463 e. The molecule has 1 aliphatic heterocycles. The van der Waals surface area contributed by atoms with E-state index in [0.717, 1.165) is 12.8 Å². The minimum atomic E-state index is -0.472. The lowest BCUT2D eigenvalue weighted by molar-refractivity contribution is 0.140. The molecule has 2 aromatic rings. The van der Waals surface area contributed by atoms with Gasteiger partial charge in [0.05, 0.1) is 13.2 Å². The van der Waals surface area contributed by atoms with Crippen molar-refractivity contribution >= 4 is 6.03 Å². The van der Waals surface area contributed by atoms with Gasteiger partial charge in [0.2, 0.25) is 0 Å². The molecule has 1 saturated heterocycles. The van der Waals surface area contributed by atoms with Crippen LogP contribution in [0.2, 0.25) is 0 Å². The quantitative estimate of drug-likeness (QED) is 0.776. The molecular weight excluding hydrogens is 375 g/mol. The monoisotopic (exact) mass is 402 g/mol. The molecule has 7 nitrogen and oxygen atoms in total. The highest BCUT2D eigenvalue weighted by Crippen LogP contribution is 2.25. The molecule has 0 atom stereocenters. The number of aliphatic hydroxyl groups excluding tert-OH is 1. The number of urea groups is 1. The minimum absolute atomic E-state index is 0.0178. The Morgan fingerprint density at radius 2 is 2.00 bits per heavy atom. The number of hydrogen-bond acceptors (Lipinski definition) is 5. The van der Waals surface area contributed by atoms with Gasteiger partial charge in [0, 0.05) is 48.2 Å². The van der Waals surface area contributed by atoms with E-state index in [0.29, 0.717) is 36.7 Å². The first-order chi connectivity index (χ1) is 14.0. The molecule has 0 spiro atoms. The van der Waals surface area contributed by atoms with E-state index in [-0.39, 0.29) is 30.3 Å². The summed E-state index contributed by atoms with van der Waals surface area (Å²) < 4.78 is 20.0. The lowest BCUT2D eigenvalue weighted by Gasteiger charge is -2.32. The molecule has 1 fully saturated rings. The van der Waals surface area contributed by atoms with Crippen LogP contribution in [0.25, 0.3) is 11.1 Å². The van der Waals surface area contributed by atoms with Crippen LogP contribution >= 0.6 is 0 Å². The van der Waals surface area contributed by atoms with Crippen LogP contribution in [0.1, 0.15) is 32.3 Å². The zero-order chi connectivity index (χ0) is 20.8. The molecule has 2 amide bonds. The highest BCUT2D eigenvalue weighted by molar-refractivity contribution is 5.74. The maximum atomic E-state index is 14.3. The largest absolute Gasteiger partial charge is 0.463 e. The number of ether oxygens (including phenoxy) is 1. The summed E-state index contributed by atoms with van der Waals surface area (Å²) in [6.07, 6.45) is 4.76. The highest BCUT2D eigenvalue weighted by atomic mass is 19.1. The topological polar surface area (TPSA) is 87.6 Å². The molecule has 156 valence electrons. The van der Waals surface area contributed by atoms with E-state index >= 15 is 0 Å². The molecule has 2 N–H and O–H groups in total. The Kier molecular flexibility index (Phi) is 6.98. The number of carbonyl (C=O) groups excluding carboxylic acids is 1. The van der Waals surface area contributed by atoms with Crippen molar-refractivity contribution in [1.82, 2.24) is 20.2 Å². The van der Waals surface area contributed by atoms with E-state index < -0.39 is 5.82 Å². The number of piperidine rings is 1. The van der Waals surface area contributed by atoms with E-state index in [9.17, 15) is 14.3 Å². The van der Waals surface area contributed by atoms with Crippen LogP contribution < -0.4 is 10.1 Å². The SMILES string of the molecule is CC(C)NC(=O)N1CCC(COc2ncc(-c3cccc(CO)c3F)cn2)CC1. The van der Waals surface area contributed by atoms with E-state index in [4.69, 9.17) is 4.74 Å². The number of rotatable bonds is 6. The van der Waals surface area contributed by atoms with Gasteiger partial charge in [-0.1, -0.05) is 18.2 Å². The van der Waals surface area contributed by atoms with Gasteiger partial charge in [0.15, 0.2) is 0 Å². The van der Waals surface area contributed by atoms with Crippen LogP contribution in [0.3, 0.4) is 0 Å². The Balaban J connectivity index is 1.51. The zero-order valence-electron chi connectivity index (χ0n) is 16.8. The number of likely N-dealkylation sites (tertiary alicyclic amines) is 1. The predicted molar refractivity (Wildman–Crippen MR) is 107 cm³/mol. The van der Waals surface area contributed by atoms with E-state index in [2.05, 4.69) is 15.3 Å². The molecule has 29 heavy (non-hydrogen) atoms. The summed E-state index contributed by atoms with van der Waals surface area (Å²) in [5.74, 6) is -0.138. The Hall–Kier alpha value is -2.74. The van der Waals surface area contributed by atoms with Crippen molar-refractivity contribution in [3.05, 3.63) is 42.0 Å². The van der Waals surface area contributed by atoms with Crippen molar-refractivity contribution in [2.24, 2.45) is 5.92 Å². The fraction of sp³-hybridized carbons (Fsp3) is 0.476. The molecule has 0 unspecified atom stereocenters. The van der Waals surface area contributed by atoms with Gasteiger partial charge in [-0.05, 0) is 32.6 Å². The number of nitrogens with zero attached hydrogens (tertiary/aromatic N) is 3. The summed E-state index contributed by atoms with van der Waals surface area (Å²) in [4.78, 5) is 22.2. The summed E-state index contributed by atoms with van der Waals surface area (Å²) in [6.45, 7) is 5.41. The van der Waals surface area contributed by atoms with Crippen molar-refractivity contribution < 1.29 is 19.0 Å². The van der Waals surface area contributed by atoms with Crippen LogP contribution in [-0.4, -0.2) is 51.7 Å². The molecule has 0 bridgehead atoms. The van der Waals surface area contributed by atoms with Crippen LogP contribution in [0, 0.1) is 11.7 Å². The Labute approximate surface area is 169 Å². The molecule has 1 aromatic carbocycles. The van der Waals surface area contributed by atoms with Gasteiger partial charge in [0.1, 0.15) is 5.82 Å². The van der Waals surface area contributed by atoms with E-state index in [1.807, 2.05) is 18.7 Å². The molecule has 1 aliphatic rings. The first kappa shape index (κ1) is 21.0. The first-order valence-electron chi connectivity index (χ1n) is 9.86. The molecule has 8 heteroatoms. The van der Waals surface area contributed by atoms with Crippen molar-refractivity contribution in [2.75, 3.05) is 19.7 Å². The van der Waals surface area contributed by atoms with Crippen molar-refractivity contribution in [2.45, 2.75) is 39.3 Å². The lowest BCUT2D eigenvalue weighted by atomic mass is 9.98. The second-order valence-electron chi connectivity index (χ2n) is 7.54. The number of aliphatic hydroxyl groups is 1. The highest BCUT2D eigenvalue weighted by Gasteiger charge is 2.23. The molecule has 3 rings (SSSR count). The lowest BCUT2D eigenvalue weighted by Crippen LogP contribution is -2.47. The third-order valence-corrected chi connectivity index (χ3v) is 4.95. The number of nitrogens with one attached hydrogen (secondary N) is 1.